The van der Waals surface area contributed by atoms with Crippen LogP contribution < -0.4 is 16.8 Å². The lowest BCUT2D eigenvalue weighted by Gasteiger charge is -2.14. The molecule has 72 valence electrons. The Balaban J connectivity index is 2.62. The van der Waals surface area contributed by atoms with Crippen LogP contribution in [0, 0.1) is 6.92 Å². The summed E-state index contributed by atoms with van der Waals surface area (Å²) in [7, 11) is 0. The summed E-state index contributed by atoms with van der Waals surface area (Å²) in [5.74, 6) is 0.772. The van der Waals surface area contributed by atoms with Crippen molar-refractivity contribution in [1.29, 1.82) is 0 Å². The molecule has 0 spiro atoms. The van der Waals surface area contributed by atoms with Gasteiger partial charge in [0.15, 0.2) is 0 Å². The minimum absolute atomic E-state index is 0.0781. The smallest absolute Gasteiger partial charge is 0.129 e. The van der Waals surface area contributed by atoms with E-state index in [4.69, 9.17) is 11.5 Å². The molecule has 0 unspecified atom stereocenters. The first-order chi connectivity index (χ1) is 6.26. The number of anilines is 1. The summed E-state index contributed by atoms with van der Waals surface area (Å²) in [6.07, 6.45) is 1.52. The van der Waals surface area contributed by atoms with Crippen molar-refractivity contribution >= 4 is 5.82 Å². The molecule has 0 radical (unpaired) electrons. The summed E-state index contributed by atoms with van der Waals surface area (Å²) in [5.41, 5.74) is 11.9. The molecule has 0 atom stereocenters. The molecule has 0 aliphatic rings. The maximum absolute atomic E-state index is 5.48. The molecule has 0 aliphatic heterocycles. The van der Waals surface area contributed by atoms with Crippen molar-refractivity contribution in [1.82, 2.24) is 9.97 Å². The van der Waals surface area contributed by atoms with Crippen LogP contribution in [0.4, 0.5) is 5.82 Å². The van der Waals surface area contributed by atoms with E-state index < -0.39 is 0 Å². The van der Waals surface area contributed by atoms with E-state index >= 15 is 0 Å². The molecule has 5 heteroatoms. The normalized spacial score (nSPS) is 10.5. The van der Waals surface area contributed by atoms with Gasteiger partial charge in [-0.2, -0.15) is 0 Å². The van der Waals surface area contributed by atoms with Crippen LogP contribution in [0.2, 0.25) is 0 Å². The Morgan fingerprint density at radius 3 is 2.62 bits per heavy atom. The van der Waals surface area contributed by atoms with Crippen molar-refractivity contribution in [2.45, 2.75) is 13.0 Å². The lowest BCUT2D eigenvalue weighted by molar-refractivity contribution is 0.732. The van der Waals surface area contributed by atoms with Crippen LogP contribution in [0.1, 0.15) is 5.69 Å². The highest BCUT2D eigenvalue weighted by molar-refractivity contribution is 5.35. The number of hydrogen-bond acceptors (Lipinski definition) is 5. The zero-order chi connectivity index (χ0) is 9.68. The Kier molecular flexibility index (Phi) is 3.60. The molecule has 0 amide bonds. The molecular formula is C8H15N5. The van der Waals surface area contributed by atoms with Gasteiger partial charge in [0.25, 0.3) is 0 Å². The van der Waals surface area contributed by atoms with Gasteiger partial charge in [-0.1, -0.05) is 0 Å². The number of rotatable bonds is 4. The van der Waals surface area contributed by atoms with E-state index in [1.807, 2.05) is 13.0 Å². The van der Waals surface area contributed by atoms with Crippen LogP contribution in [-0.2, 0) is 0 Å². The third-order valence-corrected chi connectivity index (χ3v) is 1.72. The van der Waals surface area contributed by atoms with Crippen LogP contribution in [0.3, 0.4) is 0 Å². The maximum atomic E-state index is 5.48. The number of nitrogens with two attached hydrogens (primary N) is 2. The molecule has 5 N–H and O–H groups in total. The minimum Gasteiger partial charge on any atom is -0.365 e. The summed E-state index contributed by atoms with van der Waals surface area (Å²) < 4.78 is 0. The SMILES string of the molecule is Cc1cc(NC(CN)CN)ncn1. The molecule has 0 saturated carbocycles. The lowest BCUT2D eigenvalue weighted by Crippen LogP contribution is -2.36. The van der Waals surface area contributed by atoms with Crippen molar-refractivity contribution in [3.63, 3.8) is 0 Å². The fourth-order valence-corrected chi connectivity index (χ4v) is 0.957. The zero-order valence-electron chi connectivity index (χ0n) is 7.70. The average molecular weight is 181 g/mol. The van der Waals surface area contributed by atoms with Gasteiger partial charge in [0.2, 0.25) is 0 Å². The molecule has 0 bridgehead atoms. The van der Waals surface area contributed by atoms with Gasteiger partial charge in [-0.05, 0) is 6.92 Å². The number of hydrogen-bond donors (Lipinski definition) is 3. The quantitative estimate of drug-likeness (QED) is 0.581. The Hall–Kier alpha value is -1.20. The van der Waals surface area contributed by atoms with Crippen LogP contribution in [0.15, 0.2) is 12.4 Å². The maximum Gasteiger partial charge on any atom is 0.129 e. The molecule has 1 aromatic heterocycles. The average Bonchev–Trinajstić information content (AvgIpc) is 2.14. The highest BCUT2D eigenvalue weighted by Crippen LogP contribution is 2.03. The van der Waals surface area contributed by atoms with Gasteiger partial charge < -0.3 is 16.8 Å². The van der Waals surface area contributed by atoms with Gasteiger partial charge in [-0.15, -0.1) is 0 Å². The third-order valence-electron chi connectivity index (χ3n) is 1.72. The number of nitrogens with zero attached hydrogens (tertiary/aromatic N) is 2. The lowest BCUT2D eigenvalue weighted by atomic mass is 10.3. The van der Waals surface area contributed by atoms with E-state index in [-0.39, 0.29) is 6.04 Å². The standard InChI is InChI=1S/C8H15N5/c1-6-2-8(12-5-11-6)13-7(3-9)4-10/h2,5,7H,3-4,9-10H2,1H3,(H,11,12,13). The highest BCUT2D eigenvalue weighted by Gasteiger charge is 2.03. The molecule has 0 aliphatic carbocycles. The Bertz CT molecular complexity index is 258. The summed E-state index contributed by atoms with van der Waals surface area (Å²) in [6, 6.07) is 1.94. The molecule has 0 aromatic carbocycles. The van der Waals surface area contributed by atoms with Crippen molar-refractivity contribution in [2.24, 2.45) is 11.5 Å². The van der Waals surface area contributed by atoms with E-state index in [1.165, 1.54) is 6.33 Å². The van der Waals surface area contributed by atoms with Crippen molar-refractivity contribution in [3.8, 4) is 0 Å². The Labute approximate surface area is 77.6 Å². The van der Waals surface area contributed by atoms with E-state index in [9.17, 15) is 0 Å². The van der Waals surface area contributed by atoms with Crippen molar-refractivity contribution in [2.75, 3.05) is 18.4 Å². The first kappa shape index (κ1) is 9.88. The molecule has 5 nitrogen and oxygen atoms in total. The van der Waals surface area contributed by atoms with Gasteiger partial charge >= 0.3 is 0 Å². The topological polar surface area (TPSA) is 89.8 Å². The third kappa shape index (κ3) is 2.96. The summed E-state index contributed by atoms with van der Waals surface area (Å²) in [5, 5.41) is 3.12. The summed E-state index contributed by atoms with van der Waals surface area (Å²) in [4.78, 5) is 8.03. The first-order valence-corrected chi connectivity index (χ1v) is 4.21. The summed E-state index contributed by atoms with van der Waals surface area (Å²) >= 11 is 0. The second-order valence-corrected chi connectivity index (χ2v) is 2.86. The molecule has 0 saturated heterocycles. The highest BCUT2D eigenvalue weighted by atomic mass is 15.1. The molecule has 13 heavy (non-hydrogen) atoms. The Morgan fingerprint density at radius 2 is 2.08 bits per heavy atom. The second-order valence-electron chi connectivity index (χ2n) is 2.86. The number of aryl methyl sites for hydroxylation is 1. The van der Waals surface area contributed by atoms with E-state index in [0.29, 0.717) is 13.1 Å². The van der Waals surface area contributed by atoms with Gasteiger partial charge in [-0.3, -0.25) is 0 Å². The first-order valence-electron chi connectivity index (χ1n) is 4.21. The van der Waals surface area contributed by atoms with Crippen LogP contribution >= 0.6 is 0 Å². The second kappa shape index (κ2) is 4.74. The zero-order valence-corrected chi connectivity index (χ0v) is 7.70. The van der Waals surface area contributed by atoms with Gasteiger partial charge in [0.05, 0.1) is 6.04 Å². The van der Waals surface area contributed by atoms with Crippen LogP contribution in [-0.4, -0.2) is 29.1 Å². The predicted molar refractivity (Wildman–Crippen MR) is 52.3 cm³/mol. The number of nitrogens with one attached hydrogen (secondary N) is 1. The van der Waals surface area contributed by atoms with Crippen molar-refractivity contribution in [3.05, 3.63) is 18.1 Å². The van der Waals surface area contributed by atoms with E-state index in [2.05, 4.69) is 15.3 Å². The number of aromatic nitrogens is 2. The van der Waals surface area contributed by atoms with E-state index in [1.54, 1.807) is 0 Å². The molecule has 0 fully saturated rings. The predicted octanol–water partition coefficient (Wildman–Crippen LogP) is -0.517. The molecule has 1 rings (SSSR count). The van der Waals surface area contributed by atoms with E-state index in [0.717, 1.165) is 11.5 Å². The fourth-order valence-electron chi connectivity index (χ4n) is 0.957. The van der Waals surface area contributed by atoms with Gasteiger partial charge in [0.1, 0.15) is 12.1 Å². The minimum atomic E-state index is 0.0781. The van der Waals surface area contributed by atoms with Crippen molar-refractivity contribution < 1.29 is 0 Å². The largest absolute Gasteiger partial charge is 0.365 e. The fraction of sp³-hybridized carbons (Fsp3) is 0.500. The van der Waals surface area contributed by atoms with Crippen LogP contribution in [0.5, 0.6) is 0 Å². The summed E-state index contributed by atoms with van der Waals surface area (Å²) in [6.45, 7) is 2.91. The van der Waals surface area contributed by atoms with Crippen LogP contribution in [0.25, 0.3) is 0 Å². The molecular weight excluding hydrogens is 166 g/mol. The monoisotopic (exact) mass is 181 g/mol. The molecule has 1 aromatic rings. The molecule has 1 heterocycles. The van der Waals surface area contributed by atoms with Gasteiger partial charge in [0, 0.05) is 24.8 Å². The Morgan fingerprint density at radius 1 is 1.38 bits per heavy atom. The van der Waals surface area contributed by atoms with Gasteiger partial charge in [-0.25, -0.2) is 9.97 Å².